The minimum Gasteiger partial charge on any atom is -0.481 e. The lowest BCUT2D eigenvalue weighted by Gasteiger charge is -2.32. The van der Waals surface area contributed by atoms with Crippen molar-refractivity contribution in [3.63, 3.8) is 0 Å². The van der Waals surface area contributed by atoms with Crippen molar-refractivity contribution in [1.82, 2.24) is 9.80 Å². The van der Waals surface area contributed by atoms with Gasteiger partial charge in [-0.25, -0.2) is 4.39 Å². The van der Waals surface area contributed by atoms with E-state index in [4.69, 9.17) is 4.74 Å². The summed E-state index contributed by atoms with van der Waals surface area (Å²) in [6, 6.07) is 4.25. The first-order chi connectivity index (χ1) is 9.97. The van der Waals surface area contributed by atoms with Gasteiger partial charge in [-0.15, -0.1) is 0 Å². The molecule has 1 aromatic carbocycles. The van der Waals surface area contributed by atoms with Gasteiger partial charge in [-0.3, -0.25) is 4.79 Å². The minimum atomic E-state index is -0.736. The predicted octanol–water partition coefficient (Wildman–Crippen LogP) is 1.03. The van der Waals surface area contributed by atoms with E-state index >= 15 is 0 Å². The Morgan fingerprint density at radius 3 is 2.62 bits per heavy atom. The fourth-order valence-electron chi connectivity index (χ4n) is 2.18. The van der Waals surface area contributed by atoms with Crippen LogP contribution < -0.4 is 4.74 Å². The predicted molar refractivity (Wildman–Crippen MR) is 76.6 cm³/mol. The van der Waals surface area contributed by atoms with E-state index in [0.29, 0.717) is 18.7 Å². The van der Waals surface area contributed by atoms with Gasteiger partial charge in [-0.1, -0.05) is 6.07 Å². The standard InChI is InChI=1S/C15H21FN2O3/c1-11(19)12-3-4-14(13(16)9-12)21-10-15(20)18-7-5-17(2)6-8-18/h3-4,9,11,19H,5-8,10H2,1-2H3. The molecule has 0 aromatic heterocycles. The molecule has 0 aliphatic carbocycles. The second-order valence-corrected chi connectivity index (χ2v) is 5.34. The lowest BCUT2D eigenvalue weighted by Crippen LogP contribution is -2.48. The summed E-state index contributed by atoms with van der Waals surface area (Å²) in [5, 5.41) is 9.38. The molecular weight excluding hydrogens is 275 g/mol. The number of hydrogen-bond acceptors (Lipinski definition) is 4. The van der Waals surface area contributed by atoms with Crippen LogP contribution in [-0.4, -0.2) is 60.6 Å². The Morgan fingerprint density at radius 2 is 2.05 bits per heavy atom. The molecule has 0 bridgehead atoms. The Balaban J connectivity index is 1.89. The van der Waals surface area contributed by atoms with Gasteiger partial charge in [0.2, 0.25) is 0 Å². The van der Waals surface area contributed by atoms with Crippen molar-refractivity contribution >= 4 is 5.91 Å². The maximum atomic E-state index is 13.8. The zero-order valence-corrected chi connectivity index (χ0v) is 12.4. The second-order valence-electron chi connectivity index (χ2n) is 5.34. The fourth-order valence-corrected chi connectivity index (χ4v) is 2.18. The first-order valence-corrected chi connectivity index (χ1v) is 7.04. The van der Waals surface area contributed by atoms with Crippen LogP contribution in [0.15, 0.2) is 18.2 Å². The van der Waals surface area contributed by atoms with Gasteiger partial charge in [-0.2, -0.15) is 0 Å². The highest BCUT2D eigenvalue weighted by atomic mass is 19.1. The van der Waals surface area contributed by atoms with Crippen molar-refractivity contribution in [2.24, 2.45) is 0 Å². The summed E-state index contributed by atoms with van der Waals surface area (Å²) >= 11 is 0. The van der Waals surface area contributed by atoms with Crippen LogP contribution in [-0.2, 0) is 4.79 Å². The van der Waals surface area contributed by atoms with Crippen molar-refractivity contribution < 1.29 is 19.0 Å². The molecule has 1 aromatic rings. The summed E-state index contributed by atoms with van der Waals surface area (Å²) in [4.78, 5) is 15.9. The van der Waals surface area contributed by atoms with Crippen LogP contribution in [0.4, 0.5) is 4.39 Å². The first kappa shape index (κ1) is 15.7. The van der Waals surface area contributed by atoms with E-state index in [9.17, 15) is 14.3 Å². The van der Waals surface area contributed by atoms with Crippen molar-refractivity contribution in [2.75, 3.05) is 39.8 Å². The number of piperazine rings is 1. The topological polar surface area (TPSA) is 53.0 Å². The number of halogens is 1. The van der Waals surface area contributed by atoms with Gasteiger partial charge < -0.3 is 19.6 Å². The van der Waals surface area contributed by atoms with Gasteiger partial charge >= 0.3 is 0 Å². The zero-order chi connectivity index (χ0) is 15.4. The molecule has 1 saturated heterocycles. The molecule has 0 spiro atoms. The second kappa shape index (κ2) is 6.87. The summed E-state index contributed by atoms with van der Waals surface area (Å²) < 4.78 is 19.0. The molecule has 5 nitrogen and oxygen atoms in total. The van der Waals surface area contributed by atoms with Crippen LogP contribution in [0.5, 0.6) is 5.75 Å². The molecule has 1 heterocycles. The summed E-state index contributed by atoms with van der Waals surface area (Å²) in [5.41, 5.74) is 0.477. The summed E-state index contributed by atoms with van der Waals surface area (Å²) in [6.07, 6.45) is -0.736. The Bertz CT molecular complexity index is 500. The molecule has 116 valence electrons. The molecule has 1 aliphatic rings. The lowest BCUT2D eigenvalue weighted by atomic mass is 10.1. The van der Waals surface area contributed by atoms with Crippen LogP contribution in [0, 0.1) is 5.82 Å². The van der Waals surface area contributed by atoms with Crippen molar-refractivity contribution in [2.45, 2.75) is 13.0 Å². The maximum absolute atomic E-state index is 13.8. The molecule has 6 heteroatoms. The van der Waals surface area contributed by atoms with Crippen LogP contribution in [0.3, 0.4) is 0 Å². The van der Waals surface area contributed by atoms with Crippen LogP contribution in [0.2, 0.25) is 0 Å². The maximum Gasteiger partial charge on any atom is 0.260 e. The van der Waals surface area contributed by atoms with E-state index in [-0.39, 0.29) is 18.3 Å². The molecule has 1 fully saturated rings. The van der Waals surface area contributed by atoms with E-state index in [1.165, 1.54) is 12.1 Å². The van der Waals surface area contributed by atoms with Gasteiger partial charge in [0, 0.05) is 26.2 Å². The quantitative estimate of drug-likeness (QED) is 0.902. The molecule has 0 radical (unpaired) electrons. The normalized spacial score (nSPS) is 17.6. The monoisotopic (exact) mass is 296 g/mol. The zero-order valence-electron chi connectivity index (χ0n) is 12.4. The third-order valence-corrected chi connectivity index (χ3v) is 3.65. The van der Waals surface area contributed by atoms with Gasteiger partial charge in [-0.05, 0) is 31.7 Å². The Kier molecular flexibility index (Phi) is 5.14. The lowest BCUT2D eigenvalue weighted by molar-refractivity contribution is -0.134. The first-order valence-electron chi connectivity index (χ1n) is 7.04. The molecule has 0 saturated carbocycles. The van der Waals surface area contributed by atoms with Gasteiger partial charge in [0.1, 0.15) is 0 Å². The number of ether oxygens (including phenoxy) is 1. The highest BCUT2D eigenvalue weighted by molar-refractivity contribution is 5.77. The molecule has 1 unspecified atom stereocenters. The van der Waals surface area contributed by atoms with Crippen molar-refractivity contribution in [3.8, 4) is 5.75 Å². The summed E-state index contributed by atoms with van der Waals surface area (Å²) in [6.45, 7) is 4.40. The number of aliphatic hydroxyl groups is 1. The number of benzene rings is 1. The fraction of sp³-hybridized carbons (Fsp3) is 0.533. The third-order valence-electron chi connectivity index (χ3n) is 3.65. The van der Waals surface area contributed by atoms with Gasteiger partial charge in [0.15, 0.2) is 18.2 Å². The molecular formula is C15H21FN2O3. The number of amides is 1. The average Bonchev–Trinajstić information content (AvgIpc) is 2.46. The minimum absolute atomic E-state index is 0.0295. The van der Waals surface area contributed by atoms with Gasteiger partial charge in [0.25, 0.3) is 5.91 Å². The third kappa shape index (κ3) is 4.15. The van der Waals surface area contributed by atoms with E-state index in [1.807, 2.05) is 7.05 Å². The van der Waals surface area contributed by atoms with Crippen molar-refractivity contribution in [3.05, 3.63) is 29.6 Å². The number of nitrogens with zero attached hydrogens (tertiary/aromatic N) is 2. The summed E-state index contributed by atoms with van der Waals surface area (Å²) in [7, 11) is 2.01. The molecule has 2 rings (SSSR count). The van der Waals surface area contributed by atoms with Crippen LogP contribution in [0.25, 0.3) is 0 Å². The number of aliphatic hydroxyl groups excluding tert-OH is 1. The number of carbonyl (C=O) groups is 1. The molecule has 21 heavy (non-hydrogen) atoms. The number of carbonyl (C=O) groups excluding carboxylic acids is 1. The Hall–Kier alpha value is -1.66. The highest BCUT2D eigenvalue weighted by Crippen LogP contribution is 2.22. The molecule has 1 amide bonds. The largest absolute Gasteiger partial charge is 0.481 e. The summed E-state index contributed by atoms with van der Waals surface area (Å²) in [5.74, 6) is -0.677. The SMILES string of the molecule is CC(O)c1ccc(OCC(=O)N2CCN(C)CC2)c(F)c1. The van der Waals surface area contributed by atoms with Crippen LogP contribution >= 0.6 is 0 Å². The Morgan fingerprint density at radius 1 is 1.38 bits per heavy atom. The van der Waals surface area contributed by atoms with Gasteiger partial charge in [0.05, 0.1) is 6.10 Å². The highest BCUT2D eigenvalue weighted by Gasteiger charge is 2.19. The van der Waals surface area contributed by atoms with E-state index in [2.05, 4.69) is 4.90 Å². The van der Waals surface area contributed by atoms with Crippen LogP contribution in [0.1, 0.15) is 18.6 Å². The number of rotatable bonds is 4. The number of hydrogen-bond donors (Lipinski definition) is 1. The van der Waals surface area contributed by atoms with E-state index in [1.54, 1.807) is 17.9 Å². The van der Waals surface area contributed by atoms with Crippen molar-refractivity contribution in [1.29, 1.82) is 0 Å². The molecule has 1 aliphatic heterocycles. The van der Waals surface area contributed by atoms with E-state index < -0.39 is 11.9 Å². The molecule has 1 atom stereocenters. The molecule has 1 N–H and O–H groups in total. The number of likely N-dealkylation sites (N-methyl/N-ethyl adjacent to an activating group) is 1. The van der Waals surface area contributed by atoms with E-state index in [0.717, 1.165) is 13.1 Å². The Labute approximate surface area is 123 Å². The smallest absolute Gasteiger partial charge is 0.260 e. The average molecular weight is 296 g/mol.